The molecule has 380 valence electrons. The van der Waals surface area contributed by atoms with Crippen molar-refractivity contribution in [2.45, 2.75) is 309 Å². The highest BCUT2D eigenvalue weighted by Crippen LogP contribution is 2.16. The molecule has 0 spiro atoms. The fourth-order valence-corrected chi connectivity index (χ4v) is 8.36. The molecule has 0 rings (SSSR count). The van der Waals surface area contributed by atoms with Gasteiger partial charge in [-0.15, -0.1) is 0 Å². The molecule has 0 saturated carbocycles. The minimum Gasteiger partial charge on any atom is -0.462 e. The summed E-state index contributed by atoms with van der Waals surface area (Å²) in [4.78, 5) is 38.1. The summed E-state index contributed by atoms with van der Waals surface area (Å²) in [6.07, 6.45) is 64.2. The molecule has 0 saturated heterocycles. The van der Waals surface area contributed by atoms with Gasteiger partial charge in [0.15, 0.2) is 6.10 Å². The summed E-state index contributed by atoms with van der Waals surface area (Å²) >= 11 is 0. The van der Waals surface area contributed by atoms with E-state index in [1.54, 1.807) is 0 Å². The summed E-state index contributed by atoms with van der Waals surface area (Å²) in [7, 11) is 0. The van der Waals surface area contributed by atoms with Crippen molar-refractivity contribution in [1.29, 1.82) is 0 Å². The Bertz CT molecular complexity index is 1090. The summed E-state index contributed by atoms with van der Waals surface area (Å²) < 4.78 is 16.9. The van der Waals surface area contributed by atoms with E-state index in [-0.39, 0.29) is 31.1 Å². The number of carbonyl (C=O) groups excluding carboxylic acids is 3. The molecule has 0 aromatic heterocycles. The number of hydrogen-bond acceptors (Lipinski definition) is 6. The maximum Gasteiger partial charge on any atom is 0.306 e. The fourth-order valence-electron chi connectivity index (χ4n) is 8.36. The first kappa shape index (κ1) is 62.6. The Labute approximate surface area is 404 Å². The van der Waals surface area contributed by atoms with E-state index in [1.807, 2.05) is 0 Å². The van der Waals surface area contributed by atoms with E-state index in [0.717, 1.165) is 83.5 Å². The van der Waals surface area contributed by atoms with Crippen LogP contribution < -0.4 is 0 Å². The van der Waals surface area contributed by atoms with E-state index in [1.165, 1.54) is 180 Å². The zero-order valence-corrected chi connectivity index (χ0v) is 43.5. The maximum absolute atomic E-state index is 12.8. The molecule has 0 radical (unpaired) electrons. The van der Waals surface area contributed by atoms with Gasteiger partial charge in [0.2, 0.25) is 0 Å². The molecule has 0 heterocycles. The Morgan fingerprint density at radius 3 is 0.938 bits per heavy atom. The molecule has 0 aromatic carbocycles. The van der Waals surface area contributed by atoms with Gasteiger partial charge in [-0.3, -0.25) is 14.4 Å². The van der Waals surface area contributed by atoms with E-state index in [9.17, 15) is 14.4 Å². The van der Waals surface area contributed by atoms with Crippen LogP contribution in [-0.2, 0) is 28.6 Å². The van der Waals surface area contributed by atoms with Crippen LogP contribution in [0.3, 0.4) is 0 Å². The van der Waals surface area contributed by atoms with Crippen LogP contribution in [0.15, 0.2) is 36.5 Å². The lowest BCUT2D eigenvalue weighted by Gasteiger charge is -2.18. The number of ether oxygens (including phenoxy) is 3. The van der Waals surface area contributed by atoms with Crippen molar-refractivity contribution in [3.63, 3.8) is 0 Å². The summed E-state index contributed by atoms with van der Waals surface area (Å²) in [6.45, 7) is 6.56. The smallest absolute Gasteiger partial charge is 0.306 e. The van der Waals surface area contributed by atoms with E-state index >= 15 is 0 Å². The van der Waals surface area contributed by atoms with Crippen molar-refractivity contribution >= 4 is 17.9 Å². The first-order chi connectivity index (χ1) is 32.0. The van der Waals surface area contributed by atoms with Crippen LogP contribution in [0.5, 0.6) is 0 Å². The third kappa shape index (κ3) is 52.5. The molecule has 1 atom stereocenters. The van der Waals surface area contributed by atoms with E-state index in [4.69, 9.17) is 14.2 Å². The van der Waals surface area contributed by atoms with Crippen LogP contribution in [-0.4, -0.2) is 37.2 Å². The van der Waals surface area contributed by atoms with E-state index < -0.39 is 6.10 Å². The molecule has 65 heavy (non-hydrogen) atoms. The first-order valence-electron chi connectivity index (χ1n) is 28.5. The molecule has 0 amide bonds. The Kier molecular flexibility index (Phi) is 52.3. The molecule has 0 aliphatic heterocycles. The van der Waals surface area contributed by atoms with Crippen LogP contribution in [0.4, 0.5) is 0 Å². The highest BCUT2D eigenvalue weighted by atomic mass is 16.6. The molecule has 0 fully saturated rings. The largest absolute Gasteiger partial charge is 0.462 e. The van der Waals surface area contributed by atoms with E-state index in [0.29, 0.717) is 19.3 Å². The Balaban J connectivity index is 4.34. The molecular weight excluding hydrogens is 805 g/mol. The average molecular weight is 914 g/mol. The van der Waals surface area contributed by atoms with Crippen molar-refractivity contribution in [1.82, 2.24) is 0 Å². The fraction of sp³-hybridized carbons (Fsp3) is 0.847. The maximum atomic E-state index is 12.8. The summed E-state index contributed by atoms with van der Waals surface area (Å²) in [5.74, 6) is -0.875. The quantitative estimate of drug-likeness (QED) is 0.0262. The van der Waals surface area contributed by atoms with Crippen LogP contribution in [0.1, 0.15) is 303 Å². The minimum absolute atomic E-state index is 0.0756. The molecule has 6 nitrogen and oxygen atoms in total. The van der Waals surface area contributed by atoms with Gasteiger partial charge < -0.3 is 14.2 Å². The number of rotatable bonds is 52. The molecule has 0 aliphatic rings. The predicted molar refractivity (Wildman–Crippen MR) is 279 cm³/mol. The van der Waals surface area contributed by atoms with Gasteiger partial charge >= 0.3 is 17.9 Å². The van der Waals surface area contributed by atoms with Gasteiger partial charge in [-0.1, -0.05) is 250 Å². The topological polar surface area (TPSA) is 78.9 Å². The number of hydrogen-bond donors (Lipinski definition) is 0. The van der Waals surface area contributed by atoms with Crippen molar-refractivity contribution in [3.05, 3.63) is 36.5 Å². The second-order valence-corrected chi connectivity index (χ2v) is 19.2. The van der Waals surface area contributed by atoms with Crippen molar-refractivity contribution < 1.29 is 28.6 Å². The van der Waals surface area contributed by atoms with Gasteiger partial charge in [0.1, 0.15) is 13.2 Å². The molecule has 0 aliphatic carbocycles. The SMILES string of the molecule is CC/C=C\C/C=C\CCCCCCCCCC(=O)OCC(COC(=O)CCCCCCC/C=C\CCCCCCCCCCC)OC(=O)CCCCCCCCCCCCCCCCC. The van der Waals surface area contributed by atoms with Gasteiger partial charge in [-0.25, -0.2) is 0 Å². The van der Waals surface area contributed by atoms with Gasteiger partial charge in [0, 0.05) is 19.3 Å². The predicted octanol–water partition coefficient (Wildman–Crippen LogP) is 18.9. The number of allylic oxidation sites excluding steroid dienone is 6. The van der Waals surface area contributed by atoms with Crippen molar-refractivity contribution in [2.75, 3.05) is 13.2 Å². The first-order valence-corrected chi connectivity index (χ1v) is 28.5. The monoisotopic (exact) mass is 913 g/mol. The van der Waals surface area contributed by atoms with Gasteiger partial charge in [-0.2, -0.15) is 0 Å². The zero-order chi connectivity index (χ0) is 47.2. The van der Waals surface area contributed by atoms with Gasteiger partial charge in [-0.05, 0) is 70.6 Å². The standard InChI is InChI=1S/C59H108O6/c1-4-7-10-13-16-19-22-25-28-29-30-32-34-37-40-43-46-49-52-58(61)64-55-56(54-63-57(60)51-48-45-42-39-36-33-27-24-21-18-15-12-9-6-3)65-59(62)53-50-47-44-41-38-35-31-26-23-20-17-14-11-8-5-2/h9,12,18,21,30,32,56H,4-8,10-11,13-17,19-20,22-29,31,33-55H2,1-3H3/b12-9-,21-18-,32-30-. The molecule has 1 unspecified atom stereocenters. The summed E-state index contributed by atoms with van der Waals surface area (Å²) in [5, 5.41) is 0. The number of esters is 3. The van der Waals surface area contributed by atoms with Crippen molar-refractivity contribution in [3.8, 4) is 0 Å². The number of carbonyl (C=O) groups is 3. The summed E-state index contributed by atoms with van der Waals surface area (Å²) in [5.41, 5.74) is 0. The molecule has 0 aromatic rings. The van der Waals surface area contributed by atoms with Crippen LogP contribution in [0.25, 0.3) is 0 Å². The lowest BCUT2D eigenvalue weighted by Crippen LogP contribution is -2.30. The number of unbranched alkanes of at least 4 members (excludes halogenated alkanes) is 35. The second-order valence-electron chi connectivity index (χ2n) is 19.2. The zero-order valence-electron chi connectivity index (χ0n) is 43.5. The van der Waals surface area contributed by atoms with E-state index in [2.05, 4.69) is 57.2 Å². The average Bonchev–Trinajstić information content (AvgIpc) is 3.30. The highest BCUT2D eigenvalue weighted by Gasteiger charge is 2.19. The molecule has 0 N–H and O–H groups in total. The third-order valence-electron chi connectivity index (χ3n) is 12.6. The third-order valence-corrected chi connectivity index (χ3v) is 12.6. The Morgan fingerprint density at radius 2 is 0.600 bits per heavy atom. The lowest BCUT2D eigenvalue weighted by molar-refractivity contribution is -0.167. The van der Waals surface area contributed by atoms with Crippen LogP contribution >= 0.6 is 0 Å². The second kappa shape index (κ2) is 54.2. The molecular formula is C59H108O6. The van der Waals surface area contributed by atoms with Gasteiger partial charge in [0.05, 0.1) is 0 Å². The molecule has 6 heteroatoms. The van der Waals surface area contributed by atoms with Crippen LogP contribution in [0, 0.1) is 0 Å². The molecule has 0 bridgehead atoms. The summed E-state index contributed by atoms with van der Waals surface area (Å²) in [6, 6.07) is 0. The Hall–Kier alpha value is -2.37. The highest BCUT2D eigenvalue weighted by molar-refractivity contribution is 5.71. The Morgan fingerprint density at radius 1 is 0.323 bits per heavy atom. The lowest BCUT2D eigenvalue weighted by atomic mass is 10.0. The van der Waals surface area contributed by atoms with Crippen LogP contribution in [0.2, 0.25) is 0 Å². The minimum atomic E-state index is -0.775. The normalized spacial score (nSPS) is 12.2. The van der Waals surface area contributed by atoms with Crippen molar-refractivity contribution in [2.24, 2.45) is 0 Å². The van der Waals surface area contributed by atoms with Gasteiger partial charge in [0.25, 0.3) is 0 Å².